The van der Waals surface area contributed by atoms with E-state index >= 15 is 0 Å². The molecule has 1 unspecified atom stereocenters. The number of hydrogen-bond acceptors (Lipinski definition) is 4. The molecule has 1 saturated heterocycles. The van der Waals surface area contributed by atoms with Crippen LogP contribution in [0, 0.1) is 19.8 Å². The number of amides is 2. The molecule has 1 aromatic carbocycles. The van der Waals surface area contributed by atoms with Gasteiger partial charge in [-0.15, -0.1) is 0 Å². The first-order valence-electron chi connectivity index (χ1n) is 10.8. The maximum atomic E-state index is 12.8. The number of aryl methyl sites for hydroxylation is 2. The molecule has 6 nitrogen and oxygen atoms in total. The average molecular weight is 408 g/mol. The second kappa shape index (κ2) is 8.86. The summed E-state index contributed by atoms with van der Waals surface area (Å²) >= 11 is 0. The number of nitrogens with zero attached hydrogens (tertiary/aromatic N) is 2. The maximum Gasteiger partial charge on any atom is 0.239 e. The Labute approximate surface area is 177 Å². The first kappa shape index (κ1) is 20.4. The van der Waals surface area contributed by atoms with Crippen LogP contribution in [0.3, 0.4) is 0 Å². The molecule has 0 radical (unpaired) electrons. The first-order chi connectivity index (χ1) is 14.5. The van der Waals surface area contributed by atoms with Gasteiger partial charge in [-0.3, -0.25) is 9.59 Å². The van der Waals surface area contributed by atoms with Crippen LogP contribution in [0.15, 0.2) is 36.5 Å². The van der Waals surface area contributed by atoms with Gasteiger partial charge in [-0.25, -0.2) is 4.98 Å². The monoisotopic (exact) mass is 407 g/mol. The Morgan fingerprint density at radius 2 is 1.93 bits per heavy atom. The predicted molar refractivity (Wildman–Crippen MR) is 115 cm³/mol. The third-order valence-corrected chi connectivity index (χ3v) is 6.18. The van der Waals surface area contributed by atoms with Gasteiger partial charge in [-0.1, -0.05) is 12.1 Å². The molecule has 1 aliphatic heterocycles. The quantitative estimate of drug-likeness (QED) is 0.742. The molecule has 2 aliphatic rings. The molecule has 1 saturated carbocycles. The van der Waals surface area contributed by atoms with Crippen molar-refractivity contribution in [1.29, 1.82) is 0 Å². The van der Waals surface area contributed by atoms with Crippen molar-refractivity contribution in [3.63, 3.8) is 0 Å². The molecule has 1 aliphatic carbocycles. The molecule has 30 heavy (non-hydrogen) atoms. The van der Waals surface area contributed by atoms with Crippen molar-refractivity contribution < 1.29 is 14.3 Å². The summed E-state index contributed by atoms with van der Waals surface area (Å²) < 4.78 is 5.87. The molecule has 2 amide bonds. The summed E-state index contributed by atoms with van der Waals surface area (Å²) in [5.74, 6) is -0.358. The van der Waals surface area contributed by atoms with Crippen molar-refractivity contribution in [1.82, 2.24) is 10.3 Å². The maximum absolute atomic E-state index is 12.8. The Morgan fingerprint density at radius 3 is 2.63 bits per heavy atom. The van der Waals surface area contributed by atoms with Crippen molar-refractivity contribution in [3.8, 4) is 5.88 Å². The smallest absolute Gasteiger partial charge is 0.239 e. The van der Waals surface area contributed by atoms with Crippen molar-refractivity contribution in [3.05, 3.63) is 53.2 Å². The van der Waals surface area contributed by atoms with Gasteiger partial charge in [0.2, 0.25) is 17.7 Å². The Bertz CT molecular complexity index is 920. The van der Waals surface area contributed by atoms with Crippen LogP contribution >= 0.6 is 0 Å². The third kappa shape index (κ3) is 4.48. The van der Waals surface area contributed by atoms with E-state index in [0.717, 1.165) is 29.7 Å². The third-order valence-electron chi connectivity index (χ3n) is 6.18. The molecule has 1 N–H and O–H groups in total. The second-order valence-electron chi connectivity index (χ2n) is 8.35. The molecule has 6 heteroatoms. The number of rotatable bonds is 6. The number of pyridine rings is 1. The number of aromatic nitrogens is 1. The number of carbonyl (C=O) groups excluding carboxylic acids is 2. The summed E-state index contributed by atoms with van der Waals surface area (Å²) in [7, 11) is 0. The average Bonchev–Trinajstić information content (AvgIpc) is 3.39. The summed E-state index contributed by atoms with van der Waals surface area (Å²) in [5.41, 5.74) is 4.08. The zero-order valence-corrected chi connectivity index (χ0v) is 17.7. The standard InChI is InChI=1S/C24H29N3O3/c1-16-7-9-19(13-17(16)2)27-12-11-21(24(27)29)23(28)26-15-18-8-10-22(25-14-18)30-20-5-3-4-6-20/h7-10,13-14,20-21H,3-6,11-12,15H2,1-2H3,(H,26,28). The summed E-state index contributed by atoms with van der Waals surface area (Å²) in [6.45, 7) is 4.99. The lowest BCUT2D eigenvalue weighted by atomic mass is 10.1. The highest BCUT2D eigenvalue weighted by molar-refractivity contribution is 6.09. The van der Waals surface area contributed by atoms with Crippen LogP contribution in [-0.2, 0) is 16.1 Å². The van der Waals surface area contributed by atoms with Crippen molar-refractivity contribution in [2.24, 2.45) is 5.92 Å². The Kier molecular flexibility index (Phi) is 6.02. The van der Waals surface area contributed by atoms with E-state index in [9.17, 15) is 9.59 Å². The van der Waals surface area contributed by atoms with E-state index in [1.807, 2.05) is 44.2 Å². The molecule has 1 atom stereocenters. The van der Waals surface area contributed by atoms with Crippen LogP contribution in [0.25, 0.3) is 0 Å². The van der Waals surface area contributed by atoms with E-state index in [1.165, 1.54) is 18.4 Å². The minimum absolute atomic E-state index is 0.130. The van der Waals surface area contributed by atoms with E-state index in [1.54, 1.807) is 11.1 Å². The number of benzene rings is 1. The highest BCUT2D eigenvalue weighted by Gasteiger charge is 2.37. The van der Waals surface area contributed by atoms with Crippen LogP contribution in [0.2, 0.25) is 0 Å². The molecular weight excluding hydrogens is 378 g/mol. The molecule has 2 heterocycles. The summed E-state index contributed by atoms with van der Waals surface area (Å²) in [5, 5.41) is 2.89. The van der Waals surface area contributed by atoms with Gasteiger partial charge in [-0.2, -0.15) is 0 Å². The minimum Gasteiger partial charge on any atom is -0.474 e. The fraction of sp³-hybridized carbons (Fsp3) is 0.458. The second-order valence-corrected chi connectivity index (χ2v) is 8.35. The van der Waals surface area contributed by atoms with Crippen LogP contribution in [0.4, 0.5) is 5.69 Å². The highest BCUT2D eigenvalue weighted by atomic mass is 16.5. The van der Waals surface area contributed by atoms with Crippen LogP contribution in [-0.4, -0.2) is 29.4 Å². The van der Waals surface area contributed by atoms with Gasteiger partial charge in [-0.05, 0) is 74.8 Å². The summed E-state index contributed by atoms with van der Waals surface area (Å²) in [6, 6.07) is 9.73. The molecular formula is C24H29N3O3. The number of ether oxygens (including phenoxy) is 1. The summed E-state index contributed by atoms with van der Waals surface area (Å²) in [6.07, 6.45) is 7.15. The predicted octanol–water partition coefficient (Wildman–Crippen LogP) is 3.69. The van der Waals surface area contributed by atoms with E-state index in [4.69, 9.17) is 4.74 Å². The molecule has 2 aromatic rings. The fourth-order valence-electron chi connectivity index (χ4n) is 4.15. The zero-order chi connectivity index (χ0) is 21.1. The topological polar surface area (TPSA) is 71.5 Å². The van der Waals surface area contributed by atoms with Crippen LogP contribution in [0.1, 0.15) is 48.8 Å². The van der Waals surface area contributed by atoms with Crippen molar-refractivity contribution in [2.45, 2.75) is 58.6 Å². The SMILES string of the molecule is Cc1ccc(N2CCC(C(=O)NCc3ccc(OC4CCCC4)nc3)C2=O)cc1C. The van der Waals surface area contributed by atoms with E-state index < -0.39 is 5.92 Å². The highest BCUT2D eigenvalue weighted by Crippen LogP contribution is 2.27. The van der Waals surface area contributed by atoms with E-state index in [-0.39, 0.29) is 17.9 Å². The van der Waals surface area contributed by atoms with Gasteiger partial charge >= 0.3 is 0 Å². The fourth-order valence-corrected chi connectivity index (χ4v) is 4.15. The Balaban J connectivity index is 1.30. The Hall–Kier alpha value is -2.89. The lowest BCUT2D eigenvalue weighted by Gasteiger charge is -2.18. The molecule has 2 fully saturated rings. The number of anilines is 1. The molecule has 0 spiro atoms. The normalized spacial score (nSPS) is 19.3. The molecule has 4 rings (SSSR count). The van der Waals surface area contributed by atoms with Crippen molar-refractivity contribution in [2.75, 3.05) is 11.4 Å². The lowest BCUT2D eigenvalue weighted by molar-refractivity contribution is -0.132. The van der Waals surface area contributed by atoms with Crippen LogP contribution < -0.4 is 15.0 Å². The van der Waals surface area contributed by atoms with E-state index in [0.29, 0.717) is 25.4 Å². The van der Waals surface area contributed by atoms with Gasteiger partial charge in [0.1, 0.15) is 12.0 Å². The number of carbonyl (C=O) groups is 2. The number of nitrogens with one attached hydrogen (secondary N) is 1. The van der Waals surface area contributed by atoms with Gasteiger partial charge in [0.15, 0.2) is 0 Å². The first-order valence-corrected chi connectivity index (χ1v) is 10.8. The minimum atomic E-state index is -0.635. The lowest BCUT2D eigenvalue weighted by Crippen LogP contribution is -2.36. The van der Waals surface area contributed by atoms with Crippen molar-refractivity contribution >= 4 is 17.5 Å². The largest absolute Gasteiger partial charge is 0.474 e. The van der Waals surface area contributed by atoms with Gasteiger partial charge in [0.25, 0.3) is 0 Å². The zero-order valence-electron chi connectivity index (χ0n) is 17.7. The van der Waals surface area contributed by atoms with Crippen LogP contribution in [0.5, 0.6) is 5.88 Å². The van der Waals surface area contributed by atoms with Gasteiger partial charge in [0, 0.05) is 31.0 Å². The molecule has 0 bridgehead atoms. The van der Waals surface area contributed by atoms with Gasteiger partial charge < -0.3 is 15.0 Å². The van der Waals surface area contributed by atoms with E-state index in [2.05, 4.69) is 10.3 Å². The van der Waals surface area contributed by atoms with Gasteiger partial charge in [0.05, 0.1) is 0 Å². The number of hydrogen-bond donors (Lipinski definition) is 1. The molecule has 1 aromatic heterocycles. The Morgan fingerprint density at radius 1 is 1.13 bits per heavy atom. The molecule has 158 valence electrons. The summed E-state index contributed by atoms with van der Waals surface area (Å²) in [4.78, 5) is 31.5.